The molecule has 0 saturated heterocycles. The van der Waals surface area contributed by atoms with Crippen molar-refractivity contribution >= 4 is 52.2 Å². The summed E-state index contributed by atoms with van der Waals surface area (Å²) in [4.78, 5) is 23.6. The van der Waals surface area contributed by atoms with Gasteiger partial charge >= 0.3 is 0 Å². The first kappa shape index (κ1) is 17.4. The number of nitrogens with zero attached hydrogens (tertiary/aromatic N) is 1. The minimum Gasteiger partial charge on any atom is -0.343 e. The number of amides is 2. The minimum absolute atomic E-state index is 0.151. The van der Waals surface area contributed by atoms with Crippen molar-refractivity contribution in [2.45, 2.75) is 0 Å². The third-order valence-corrected chi connectivity index (χ3v) is 3.99. The molecule has 118 valence electrons. The van der Waals surface area contributed by atoms with E-state index in [0.29, 0.717) is 10.6 Å². The summed E-state index contributed by atoms with van der Waals surface area (Å²) < 4.78 is 0.823. The normalized spacial score (nSPS) is 10.5. The van der Waals surface area contributed by atoms with Gasteiger partial charge in [0.15, 0.2) is 0 Å². The molecule has 23 heavy (non-hydrogen) atoms. The topological polar surface area (TPSA) is 70.6 Å². The smallest absolute Gasteiger partial charge is 0.259 e. The van der Waals surface area contributed by atoms with Crippen LogP contribution < -0.4 is 10.7 Å². The van der Waals surface area contributed by atoms with E-state index in [-0.39, 0.29) is 12.5 Å². The van der Waals surface area contributed by atoms with E-state index in [1.807, 2.05) is 12.1 Å². The maximum absolute atomic E-state index is 12.0. The van der Waals surface area contributed by atoms with Crippen molar-refractivity contribution in [3.63, 3.8) is 0 Å². The van der Waals surface area contributed by atoms with Crippen LogP contribution >= 0.6 is 34.2 Å². The Hall–Kier alpha value is -1.93. The van der Waals surface area contributed by atoms with Gasteiger partial charge in [-0.25, -0.2) is 5.43 Å². The highest BCUT2D eigenvalue weighted by atomic mass is 127. The summed E-state index contributed by atoms with van der Waals surface area (Å²) in [5.41, 5.74) is 3.68. The Morgan fingerprint density at radius 2 is 1.83 bits per heavy atom. The number of hydrogen-bond donors (Lipinski definition) is 2. The predicted molar refractivity (Wildman–Crippen MR) is 98.7 cm³/mol. The molecule has 5 nitrogen and oxygen atoms in total. The number of hydrazone groups is 1. The highest BCUT2D eigenvalue weighted by Gasteiger charge is 2.10. The van der Waals surface area contributed by atoms with Gasteiger partial charge in [-0.1, -0.05) is 35.9 Å². The standard InChI is InChI=1S/C16H13ClIN3O2/c17-12-7-5-11(6-8-12)9-20-21-15(22)10-19-16(23)13-3-1-2-4-14(13)18/h1-9H,10H2,(H,19,23)(H,21,22). The lowest BCUT2D eigenvalue weighted by atomic mass is 10.2. The average molecular weight is 442 g/mol. The van der Waals surface area contributed by atoms with Gasteiger partial charge in [0.1, 0.15) is 0 Å². The average Bonchev–Trinajstić information content (AvgIpc) is 2.55. The Labute approximate surface area is 152 Å². The zero-order chi connectivity index (χ0) is 16.7. The molecule has 2 aromatic carbocycles. The third-order valence-electron chi connectivity index (χ3n) is 2.80. The summed E-state index contributed by atoms with van der Waals surface area (Å²) in [7, 11) is 0. The number of hydrogen-bond acceptors (Lipinski definition) is 3. The van der Waals surface area contributed by atoms with Crippen molar-refractivity contribution in [2.24, 2.45) is 5.10 Å². The van der Waals surface area contributed by atoms with Crippen molar-refractivity contribution in [3.05, 3.63) is 68.3 Å². The van der Waals surface area contributed by atoms with Crippen LogP contribution in [-0.2, 0) is 4.79 Å². The maximum Gasteiger partial charge on any atom is 0.259 e. The van der Waals surface area contributed by atoms with Gasteiger partial charge in [-0.3, -0.25) is 9.59 Å². The highest BCUT2D eigenvalue weighted by molar-refractivity contribution is 14.1. The Bertz CT molecular complexity index is 732. The molecular weight excluding hydrogens is 429 g/mol. The first-order valence-electron chi connectivity index (χ1n) is 6.66. The lowest BCUT2D eigenvalue weighted by Gasteiger charge is -2.05. The molecule has 0 saturated carbocycles. The molecule has 0 fully saturated rings. The second-order valence-electron chi connectivity index (χ2n) is 4.51. The maximum atomic E-state index is 12.0. The molecule has 0 aliphatic rings. The number of halogens is 2. The zero-order valence-corrected chi connectivity index (χ0v) is 14.8. The van der Waals surface area contributed by atoms with E-state index in [9.17, 15) is 9.59 Å². The van der Waals surface area contributed by atoms with Crippen LogP contribution in [0.4, 0.5) is 0 Å². The summed E-state index contributed by atoms with van der Waals surface area (Å²) in [5, 5.41) is 7.00. The molecule has 2 aromatic rings. The molecule has 0 bridgehead atoms. The van der Waals surface area contributed by atoms with E-state index in [1.165, 1.54) is 6.21 Å². The van der Waals surface area contributed by atoms with E-state index < -0.39 is 5.91 Å². The number of rotatable bonds is 5. The largest absolute Gasteiger partial charge is 0.343 e. The van der Waals surface area contributed by atoms with E-state index in [4.69, 9.17) is 11.6 Å². The van der Waals surface area contributed by atoms with Crippen LogP contribution in [0.2, 0.25) is 5.02 Å². The lowest BCUT2D eigenvalue weighted by molar-refractivity contribution is -0.120. The van der Waals surface area contributed by atoms with Crippen molar-refractivity contribution < 1.29 is 9.59 Å². The third kappa shape index (κ3) is 5.65. The van der Waals surface area contributed by atoms with Gasteiger partial charge in [-0.15, -0.1) is 0 Å². The fraction of sp³-hybridized carbons (Fsp3) is 0.0625. The van der Waals surface area contributed by atoms with Gasteiger partial charge in [-0.05, 0) is 52.4 Å². The molecule has 0 aromatic heterocycles. The molecule has 0 aliphatic carbocycles. The van der Waals surface area contributed by atoms with Crippen LogP contribution in [0.5, 0.6) is 0 Å². The fourth-order valence-electron chi connectivity index (χ4n) is 1.67. The molecule has 0 spiro atoms. The highest BCUT2D eigenvalue weighted by Crippen LogP contribution is 2.10. The first-order valence-corrected chi connectivity index (χ1v) is 8.12. The summed E-state index contributed by atoms with van der Waals surface area (Å²) >= 11 is 7.84. The van der Waals surface area contributed by atoms with Crippen LogP contribution in [0.15, 0.2) is 53.6 Å². The molecule has 2 amide bonds. The van der Waals surface area contributed by atoms with Gasteiger partial charge in [0.2, 0.25) is 0 Å². The van der Waals surface area contributed by atoms with E-state index in [2.05, 4.69) is 38.4 Å². The van der Waals surface area contributed by atoms with Crippen molar-refractivity contribution in [1.29, 1.82) is 0 Å². The van der Waals surface area contributed by atoms with E-state index >= 15 is 0 Å². The van der Waals surface area contributed by atoms with Crippen molar-refractivity contribution in [1.82, 2.24) is 10.7 Å². The molecule has 7 heteroatoms. The van der Waals surface area contributed by atoms with Gasteiger partial charge in [0.05, 0.1) is 18.3 Å². The summed E-state index contributed by atoms with van der Waals surface area (Å²) in [5.74, 6) is -0.707. The molecule has 0 aliphatic heterocycles. The second-order valence-corrected chi connectivity index (χ2v) is 6.11. The number of benzene rings is 2. The Morgan fingerprint density at radius 3 is 2.52 bits per heavy atom. The van der Waals surface area contributed by atoms with Crippen LogP contribution in [-0.4, -0.2) is 24.6 Å². The van der Waals surface area contributed by atoms with Gasteiger partial charge in [0, 0.05) is 8.59 Å². The van der Waals surface area contributed by atoms with Crippen LogP contribution in [0.25, 0.3) is 0 Å². The quantitative estimate of drug-likeness (QED) is 0.426. The number of carbonyl (C=O) groups is 2. The van der Waals surface area contributed by atoms with E-state index in [1.54, 1.807) is 36.4 Å². The van der Waals surface area contributed by atoms with Crippen LogP contribution in [0, 0.1) is 3.57 Å². The van der Waals surface area contributed by atoms with Gasteiger partial charge in [-0.2, -0.15) is 5.10 Å². The van der Waals surface area contributed by atoms with Gasteiger partial charge < -0.3 is 5.32 Å². The number of nitrogens with one attached hydrogen (secondary N) is 2. The van der Waals surface area contributed by atoms with Crippen molar-refractivity contribution in [2.75, 3.05) is 6.54 Å². The molecule has 2 rings (SSSR count). The molecule has 0 atom stereocenters. The monoisotopic (exact) mass is 441 g/mol. The minimum atomic E-state index is -0.408. The van der Waals surface area contributed by atoms with Crippen LogP contribution in [0.1, 0.15) is 15.9 Å². The van der Waals surface area contributed by atoms with Gasteiger partial charge in [0.25, 0.3) is 11.8 Å². The Morgan fingerprint density at radius 1 is 1.13 bits per heavy atom. The summed E-state index contributed by atoms with van der Waals surface area (Å²) in [6.07, 6.45) is 1.50. The fourth-order valence-corrected chi connectivity index (χ4v) is 2.43. The lowest BCUT2D eigenvalue weighted by Crippen LogP contribution is -2.35. The Kier molecular flexibility index (Phi) is 6.54. The predicted octanol–water partition coefficient (Wildman–Crippen LogP) is 2.82. The van der Waals surface area contributed by atoms with E-state index in [0.717, 1.165) is 9.13 Å². The number of carbonyl (C=O) groups excluding carboxylic acids is 2. The summed E-state index contributed by atoms with van der Waals surface area (Å²) in [6, 6.07) is 14.1. The van der Waals surface area contributed by atoms with Crippen molar-refractivity contribution in [3.8, 4) is 0 Å². The first-order chi connectivity index (χ1) is 11.1. The Balaban J connectivity index is 1.80. The molecule has 0 radical (unpaired) electrons. The van der Waals surface area contributed by atoms with Crippen LogP contribution in [0.3, 0.4) is 0 Å². The summed E-state index contributed by atoms with van der Waals surface area (Å²) in [6.45, 7) is -0.151. The SMILES string of the molecule is O=C(CNC(=O)c1ccccc1I)NN=Cc1ccc(Cl)cc1. The molecule has 0 heterocycles. The molecular formula is C16H13ClIN3O2. The zero-order valence-electron chi connectivity index (χ0n) is 11.9. The molecule has 2 N–H and O–H groups in total. The molecule has 0 unspecified atom stereocenters. The second kappa shape index (κ2) is 8.64.